The van der Waals surface area contributed by atoms with Crippen molar-refractivity contribution in [1.29, 1.82) is 0 Å². The van der Waals surface area contributed by atoms with E-state index in [0.29, 0.717) is 0 Å². The Morgan fingerprint density at radius 1 is 0.552 bits per heavy atom. The average Bonchev–Trinajstić information content (AvgIpc) is 3.83. The molecule has 2 saturated heterocycles. The predicted octanol–water partition coefficient (Wildman–Crippen LogP) is -3.37. The van der Waals surface area contributed by atoms with Gasteiger partial charge in [-0.1, -0.05) is 0 Å². The highest BCUT2D eigenvalue weighted by atomic mass is 31.3. The number of anilines is 2. The van der Waals surface area contributed by atoms with Crippen LogP contribution in [0.5, 0.6) is 0 Å². The van der Waals surface area contributed by atoms with Crippen molar-refractivity contribution in [2.24, 2.45) is 0 Å². The molecule has 15 N–H and O–H groups in total. The van der Waals surface area contributed by atoms with E-state index in [4.69, 9.17) is 45.4 Å². The number of fused-ring (bicyclic) bond motifs is 2. The Morgan fingerprint density at radius 3 is 1.29 bits per heavy atom. The number of rotatable bonds is 14. The summed E-state index contributed by atoms with van der Waals surface area (Å²) < 4.78 is 88.7. The van der Waals surface area contributed by atoms with Gasteiger partial charge < -0.3 is 75.6 Å². The summed E-state index contributed by atoms with van der Waals surface area (Å²) in [7, 11) is -27.1. The first-order chi connectivity index (χ1) is 26.7. The zero-order chi connectivity index (χ0) is 43.2. The highest BCUT2D eigenvalue weighted by Crippen LogP contribution is 2.66. The summed E-state index contributed by atoms with van der Waals surface area (Å²) in [4.78, 5) is 85.3. The molecule has 58 heavy (non-hydrogen) atoms. The zero-order valence-electron chi connectivity index (χ0n) is 28.1. The van der Waals surface area contributed by atoms with Gasteiger partial charge in [-0.15, -0.1) is 0 Å². The molecule has 38 heteroatoms. The fourth-order valence-corrected chi connectivity index (χ4v) is 9.73. The van der Waals surface area contributed by atoms with Crippen molar-refractivity contribution in [3.05, 3.63) is 25.3 Å². The molecule has 0 spiro atoms. The van der Waals surface area contributed by atoms with Crippen molar-refractivity contribution in [2.45, 2.75) is 49.1 Å². The summed E-state index contributed by atoms with van der Waals surface area (Å²) in [6, 6.07) is 0. The third-order valence-corrected chi connectivity index (χ3v) is 13.4. The summed E-state index contributed by atoms with van der Waals surface area (Å²) in [6.45, 7) is -1.77. The molecule has 6 heterocycles. The van der Waals surface area contributed by atoms with E-state index >= 15 is 0 Å². The Labute approximate surface area is 320 Å². The minimum atomic E-state index is -5.70. The van der Waals surface area contributed by atoms with Gasteiger partial charge in [0.05, 0.1) is 25.9 Å². The van der Waals surface area contributed by atoms with Gasteiger partial charge in [0.1, 0.15) is 60.3 Å². The van der Waals surface area contributed by atoms with Crippen molar-refractivity contribution in [2.75, 3.05) is 24.7 Å². The first-order valence-electron chi connectivity index (χ1n) is 15.1. The van der Waals surface area contributed by atoms with Gasteiger partial charge in [-0.3, -0.25) is 18.2 Å². The van der Waals surface area contributed by atoms with Gasteiger partial charge in [-0.05, 0) is 0 Å². The van der Waals surface area contributed by atoms with E-state index in [-0.39, 0.29) is 34.0 Å². The Kier molecular flexibility index (Phi) is 13.7. The number of aliphatic hydroxyl groups excluding tert-OH is 4. The first kappa shape index (κ1) is 46.2. The van der Waals surface area contributed by atoms with Crippen LogP contribution >= 0.6 is 39.1 Å². The van der Waals surface area contributed by atoms with Gasteiger partial charge in [0.2, 0.25) is 0 Å². The standard InChI is InChI=1S/C10H16N5O13P3.C10H15N5O10P2/c11-8-5-9(13-2-12-8)15(3-14-5)10-7(17)6(16)4(26-10)1-25-30(21,22)28-31(23,24)27-29(18,19)20;11-8-5-9(13-2-12-8)15(3-14-5)10-7(17)6(16)4(24-10)1-23-27(21,22)25-26(18,19)20/h2-4,6-7,10,16-17H,1H2,(H,21,22)(H,23,24)(H2,11,12,13)(H2,18,19,20);2-4,6-7,10,16-17H,1H2,(H,21,22)(H2,11,12,13)(H2,18,19,20)/t2*4-,6-,7-,10-/m11/s1. The normalized spacial score (nSPS) is 28.5. The fourth-order valence-electron chi connectivity index (χ4n) is 5.10. The Balaban J connectivity index is 0.000000223. The van der Waals surface area contributed by atoms with Crippen LogP contribution in [0, 0.1) is 0 Å². The number of nitrogens with zero attached hydrogens (tertiary/aromatic N) is 8. The number of aromatic nitrogens is 8. The molecule has 4 aromatic heterocycles. The number of ether oxygens (including phenoxy) is 2. The molecule has 0 amide bonds. The molecule has 0 aromatic carbocycles. The van der Waals surface area contributed by atoms with Crippen LogP contribution in [-0.2, 0) is 54.3 Å². The molecule has 11 atom stereocenters. The van der Waals surface area contributed by atoms with Gasteiger partial charge in [0.25, 0.3) is 0 Å². The lowest BCUT2D eigenvalue weighted by molar-refractivity contribution is -0.0503. The van der Waals surface area contributed by atoms with Crippen molar-refractivity contribution >= 4 is 73.1 Å². The lowest BCUT2D eigenvalue weighted by Gasteiger charge is -2.19. The molecule has 2 aliphatic rings. The molecule has 4 aromatic rings. The minimum absolute atomic E-state index is 0.0426. The maximum Gasteiger partial charge on any atom is 0.490 e. The third-order valence-electron chi connectivity index (χ3n) is 7.43. The number of aliphatic hydroxyl groups is 4. The van der Waals surface area contributed by atoms with Gasteiger partial charge in [-0.25, -0.2) is 52.7 Å². The molecule has 0 aliphatic carbocycles. The van der Waals surface area contributed by atoms with Crippen LogP contribution in [0.1, 0.15) is 12.5 Å². The lowest BCUT2D eigenvalue weighted by atomic mass is 10.1. The second-order valence-electron chi connectivity index (χ2n) is 11.5. The van der Waals surface area contributed by atoms with Crippen molar-refractivity contribution in [3.63, 3.8) is 0 Å². The van der Waals surface area contributed by atoms with Crippen LogP contribution in [0.3, 0.4) is 0 Å². The largest absolute Gasteiger partial charge is 0.490 e. The second-order valence-corrected chi connectivity index (χ2v) is 18.7. The highest BCUT2D eigenvalue weighted by molar-refractivity contribution is 7.66. The van der Waals surface area contributed by atoms with E-state index in [0.717, 1.165) is 12.7 Å². The maximum absolute atomic E-state index is 11.8. The number of phosphoric ester groups is 2. The van der Waals surface area contributed by atoms with Crippen LogP contribution in [0.15, 0.2) is 25.3 Å². The van der Waals surface area contributed by atoms with E-state index in [1.807, 2.05) is 0 Å². The summed E-state index contributed by atoms with van der Waals surface area (Å²) in [5, 5.41) is 40.7. The fraction of sp³-hybridized carbons (Fsp3) is 0.500. The number of imidazole rings is 2. The molecule has 2 aliphatic heterocycles. The summed E-state index contributed by atoms with van der Waals surface area (Å²) >= 11 is 0. The Morgan fingerprint density at radius 2 is 0.914 bits per heavy atom. The second kappa shape index (κ2) is 17.2. The van der Waals surface area contributed by atoms with Gasteiger partial charge in [-0.2, -0.15) is 12.9 Å². The van der Waals surface area contributed by atoms with Gasteiger partial charge in [0.15, 0.2) is 35.4 Å². The quantitative estimate of drug-likeness (QED) is 0.0549. The molecule has 324 valence electrons. The van der Waals surface area contributed by atoms with Crippen LogP contribution in [0.2, 0.25) is 0 Å². The number of hydrogen-bond donors (Lipinski definition) is 13. The number of phosphoric acid groups is 5. The molecule has 0 saturated carbocycles. The monoisotopic (exact) mass is 934 g/mol. The molecular formula is C20H31N10O23P5. The van der Waals surface area contributed by atoms with Crippen LogP contribution in [-0.4, -0.2) is 144 Å². The first-order valence-corrected chi connectivity index (χ1v) is 22.6. The third kappa shape index (κ3) is 11.3. The zero-order valence-corrected chi connectivity index (χ0v) is 32.6. The molecular weight excluding hydrogens is 903 g/mol. The van der Waals surface area contributed by atoms with Crippen molar-refractivity contribution < 1.29 is 109 Å². The maximum atomic E-state index is 11.8. The number of hydrogen-bond acceptors (Lipinski definition) is 24. The summed E-state index contributed by atoms with van der Waals surface area (Å²) in [5.74, 6) is 0.128. The number of nitrogens with two attached hydrogens (primary N) is 2. The highest BCUT2D eigenvalue weighted by Gasteiger charge is 2.48. The van der Waals surface area contributed by atoms with E-state index < -0.39 is 101 Å². The SMILES string of the molecule is Nc1ncnc2c1ncn2[C@@H]1O[C@H](COP(=O)(O)OP(=O)(O)O)[C@@H](O)[C@H]1O.Nc1ncnc2c1ncn2[C@@H]1O[C@H](COP(=O)(O)OP(=O)(O)OP(=O)(O)O)[C@@H](O)[C@H]1O. The average molecular weight is 934 g/mol. The molecule has 0 radical (unpaired) electrons. The van der Waals surface area contributed by atoms with Gasteiger partial charge in [0, 0.05) is 0 Å². The van der Waals surface area contributed by atoms with Crippen LogP contribution in [0.4, 0.5) is 11.6 Å². The molecule has 3 unspecified atom stereocenters. The molecule has 0 bridgehead atoms. The number of nitrogen functional groups attached to an aromatic ring is 2. The van der Waals surface area contributed by atoms with E-state index in [9.17, 15) is 53.0 Å². The topological polar surface area (TPSA) is 512 Å². The van der Waals surface area contributed by atoms with Gasteiger partial charge >= 0.3 is 39.1 Å². The summed E-state index contributed by atoms with van der Waals surface area (Å²) in [5.41, 5.74) is 12.1. The summed E-state index contributed by atoms with van der Waals surface area (Å²) in [6.07, 6.45) is -6.89. The Bertz CT molecular complexity index is 2360. The van der Waals surface area contributed by atoms with Crippen LogP contribution in [0.25, 0.3) is 22.3 Å². The smallest absolute Gasteiger partial charge is 0.387 e. The minimum Gasteiger partial charge on any atom is -0.387 e. The van der Waals surface area contributed by atoms with Crippen LogP contribution < -0.4 is 11.5 Å². The molecule has 6 rings (SSSR count). The van der Waals surface area contributed by atoms with E-state index in [1.165, 1.54) is 21.8 Å². The van der Waals surface area contributed by atoms with E-state index in [1.54, 1.807) is 0 Å². The molecule has 2 fully saturated rings. The Hall–Kier alpha value is -2.87. The lowest BCUT2D eigenvalue weighted by Crippen LogP contribution is -2.33. The molecule has 33 nitrogen and oxygen atoms in total. The van der Waals surface area contributed by atoms with Crippen molar-refractivity contribution in [1.82, 2.24) is 39.0 Å². The van der Waals surface area contributed by atoms with Crippen molar-refractivity contribution in [3.8, 4) is 0 Å². The van der Waals surface area contributed by atoms with E-state index in [2.05, 4.69) is 51.9 Å². The predicted molar refractivity (Wildman–Crippen MR) is 180 cm³/mol.